The SMILES string of the molecule is Cc1ccc(NC(C(=O)NCC(=O)O)C2CCCCC2)cc1. The minimum Gasteiger partial charge on any atom is -0.480 e. The lowest BCUT2D eigenvalue weighted by atomic mass is 9.83. The number of carboxylic acids is 1. The molecule has 0 radical (unpaired) electrons. The van der Waals surface area contributed by atoms with Crippen molar-refractivity contribution in [3.8, 4) is 0 Å². The molecule has 3 N–H and O–H groups in total. The van der Waals surface area contributed by atoms with Crippen LogP contribution in [0.2, 0.25) is 0 Å². The fourth-order valence-corrected chi connectivity index (χ4v) is 2.97. The Bertz CT molecular complexity index is 507. The van der Waals surface area contributed by atoms with Crippen molar-refractivity contribution in [3.63, 3.8) is 0 Å². The Balaban J connectivity index is 2.07. The summed E-state index contributed by atoms with van der Waals surface area (Å²) in [7, 11) is 0. The molecule has 1 atom stereocenters. The summed E-state index contributed by atoms with van der Waals surface area (Å²) in [6.45, 7) is 1.68. The maximum atomic E-state index is 12.4. The number of rotatable bonds is 6. The van der Waals surface area contributed by atoms with E-state index in [1.807, 2.05) is 31.2 Å². The Morgan fingerprint density at radius 3 is 2.41 bits per heavy atom. The summed E-state index contributed by atoms with van der Waals surface area (Å²) in [5, 5.41) is 14.5. The number of hydrogen-bond donors (Lipinski definition) is 3. The van der Waals surface area contributed by atoms with Gasteiger partial charge in [-0.25, -0.2) is 0 Å². The molecule has 1 unspecified atom stereocenters. The van der Waals surface area contributed by atoms with Gasteiger partial charge in [-0.2, -0.15) is 0 Å². The van der Waals surface area contributed by atoms with Crippen LogP contribution in [0, 0.1) is 12.8 Å². The zero-order valence-electron chi connectivity index (χ0n) is 13.0. The highest BCUT2D eigenvalue weighted by Crippen LogP contribution is 2.28. The molecular weight excluding hydrogens is 280 g/mol. The van der Waals surface area contributed by atoms with E-state index in [1.54, 1.807) is 0 Å². The molecule has 1 aliphatic rings. The van der Waals surface area contributed by atoms with Crippen molar-refractivity contribution in [2.45, 2.75) is 45.1 Å². The molecule has 0 saturated heterocycles. The molecule has 0 aromatic heterocycles. The lowest BCUT2D eigenvalue weighted by Gasteiger charge is -2.30. The van der Waals surface area contributed by atoms with Gasteiger partial charge in [-0.05, 0) is 37.8 Å². The summed E-state index contributed by atoms with van der Waals surface area (Å²) >= 11 is 0. The number of carbonyl (C=O) groups is 2. The van der Waals surface area contributed by atoms with Gasteiger partial charge >= 0.3 is 5.97 Å². The highest BCUT2D eigenvalue weighted by molar-refractivity contribution is 5.87. The molecule has 0 aliphatic heterocycles. The summed E-state index contributed by atoms with van der Waals surface area (Å²) < 4.78 is 0. The third kappa shape index (κ3) is 4.76. The van der Waals surface area contributed by atoms with Crippen LogP contribution in [0.5, 0.6) is 0 Å². The number of carboxylic acid groups (broad SMARTS) is 1. The van der Waals surface area contributed by atoms with E-state index in [1.165, 1.54) is 6.42 Å². The largest absolute Gasteiger partial charge is 0.480 e. The third-order valence-corrected chi connectivity index (χ3v) is 4.19. The molecule has 22 heavy (non-hydrogen) atoms. The first-order valence-corrected chi connectivity index (χ1v) is 7.89. The Morgan fingerprint density at radius 2 is 1.82 bits per heavy atom. The van der Waals surface area contributed by atoms with Gasteiger partial charge in [0.1, 0.15) is 12.6 Å². The number of carbonyl (C=O) groups excluding carboxylic acids is 1. The van der Waals surface area contributed by atoms with Crippen LogP contribution in [-0.2, 0) is 9.59 Å². The number of amides is 1. The molecular formula is C17H24N2O3. The van der Waals surface area contributed by atoms with Gasteiger partial charge < -0.3 is 15.7 Å². The van der Waals surface area contributed by atoms with Crippen molar-refractivity contribution < 1.29 is 14.7 Å². The van der Waals surface area contributed by atoms with E-state index < -0.39 is 5.97 Å². The summed E-state index contributed by atoms with van der Waals surface area (Å²) in [5.74, 6) is -0.996. The van der Waals surface area contributed by atoms with Crippen LogP contribution in [0.3, 0.4) is 0 Å². The van der Waals surface area contributed by atoms with E-state index in [-0.39, 0.29) is 24.4 Å². The van der Waals surface area contributed by atoms with Gasteiger partial charge in [0.2, 0.25) is 5.91 Å². The van der Waals surface area contributed by atoms with Crippen LogP contribution in [0.1, 0.15) is 37.7 Å². The third-order valence-electron chi connectivity index (χ3n) is 4.19. The molecule has 5 heteroatoms. The number of aryl methyl sites for hydroxylation is 1. The topological polar surface area (TPSA) is 78.4 Å². The van der Waals surface area contributed by atoms with Gasteiger partial charge in [-0.15, -0.1) is 0 Å². The number of aliphatic carboxylic acids is 1. The number of benzene rings is 1. The summed E-state index contributed by atoms with van der Waals surface area (Å²) in [6.07, 6.45) is 5.48. The van der Waals surface area contributed by atoms with E-state index in [9.17, 15) is 9.59 Å². The van der Waals surface area contributed by atoms with Gasteiger partial charge in [0, 0.05) is 5.69 Å². The maximum Gasteiger partial charge on any atom is 0.322 e. The first kappa shape index (κ1) is 16.3. The summed E-state index contributed by atoms with van der Waals surface area (Å²) in [6, 6.07) is 7.53. The zero-order valence-corrected chi connectivity index (χ0v) is 13.0. The predicted octanol–water partition coefficient (Wildman–Crippen LogP) is 2.56. The van der Waals surface area contributed by atoms with Crippen molar-refractivity contribution in [3.05, 3.63) is 29.8 Å². The fraction of sp³-hybridized carbons (Fsp3) is 0.529. The van der Waals surface area contributed by atoms with Gasteiger partial charge in [-0.3, -0.25) is 9.59 Å². The molecule has 120 valence electrons. The van der Waals surface area contributed by atoms with E-state index in [2.05, 4.69) is 10.6 Å². The van der Waals surface area contributed by atoms with E-state index >= 15 is 0 Å². The van der Waals surface area contributed by atoms with Gasteiger partial charge in [0.25, 0.3) is 0 Å². The number of hydrogen-bond acceptors (Lipinski definition) is 3. The standard InChI is InChI=1S/C17H24N2O3/c1-12-7-9-14(10-8-12)19-16(13-5-3-2-4-6-13)17(22)18-11-15(20)21/h7-10,13,16,19H,2-6,11H2,1H3,(H,18,22)(H,20,21). The van der Waals surface area contributed by atoms with Crippen LogP contribution in [0.15, 0.2) is 24.3 Å². The highest BCUT2D eigenvalue weighted by Gasteiger charge is 2.29. The molecule has 1 aromatic carbocycles. The normalized spacial score (nSPS) is 16.8. The monoisotopic (exact) mass is 304 g/mol. The first-order valence-electron chi connectivity index (χ1n) is 7.89. The number of nitrogens with one attached hydrogen (secondary N) is 2. The van der Waals surface area contributed by atoms with Crippen LogP contribution in [-0.4, -0.2) is 29.6 Å². The predicted molar refractivity (Wildman–Crippen MR) is 85.8 cm³/mol. The van der Waals surface area contributed by atoms with E-state index in [0.29, 0.717) is 0 Å². The fourth-order valence-electron chi connectivity index (χ4n) is 2.97. The molecule has 1 fully saturated rings. The smallest absolute Gasteiger partial charge is 0.322 e. The maximum absolute atomic E-state index is 12.4. The Morgan fingerprint density at radius 1 is 1.18 bits per heavy atom. The van der Waals surface area contributed by atoms with E-state index in [4.69, 9.17) is 5.11 Å². The Kier molecular flexibility index (Phi) is 5.81. The molecule has 0 bridgehead atoms. The second kappa shape index (κ2) is 7.82. The van der Waals surface area contributed by atoms with Crippen LogP contribution >= 0.6 is 0 Å². The van der Waals surface area contributed by atoms with Crippen molar-refractivity contribution in [1.82, 2.24) is 5.32 Å². The van der Waals surface area contributed by atoms with Crippen molar-refractivity contribution >= 4 is 17.6 Å². The summed E-state index contributed by atoms with van der Waals surface area (Å²) in [4.78, 5) is 23.0. The van der Waals surface area contributed by atoms with Gasteiger partial charge in [0.15, 0.2) is 0 Å². The molecule has 0 heterocycles. The Labute approximate surface area is 131 Å². The highest BCUT2D eigenvalue weighted by atomic mass is 16.4. The lowest BCUT2D eigenvalue weighted by molar-refractivity contribution is -0.138. The average Bonchev–Trinajstić information content (AvgIpc) is 2.53. The van der Waals surface area contributed by atoms with Crippen molar-refractivity contribution in [1.29, 1.82) is 0 Å². The molecule has 5 nitrogen and oxygen atoms in total. The zero-order chi connectivity index (χ0) is 15.9. The second-order valence-corrected chi connectivity index (χ2v) is 6.00. The van der Waals surface area contributed by atoms with Crippen molar-refractivity contribution in [2.24, 2.45) is 5.92 Å². The second-order valence-electron chi connectivity index (χ2n) is 6.00. The molecule has 1 aliphatic carbocycles. The average molecular weight is 304 g/mol. The Hall–Kier alpha value is -2.04. The minimum atomic E-state index is -1.02. The first-order chi connectivity index (χ1) is 10.6. The van der Waals surface area contributed by atoms with E-state index in [0.717, 1.165) is 36.9 Å². The number of anilines is 1. The molecule has 0 spiro atoms. The van der Waals surface area contributed by atoms with Crippen LogP contribution in [0.4, 0.5) is 5.69 Å². The molecule has 1 saturated carbocycles. The van der Waals surface area contributed by atoms with Crippen LogP contribution < -0.4 is 10.6 Å². The van der Waals surface area contributed by atoms with Crippen LogP contribution in [0.25, 0.3) is 0 Å². The van der Waals surface area contributed by atoms with Gasteiger partial charge in [0.05, 0.1) is 0 Å². The van der Waals surface area contributed by atoms with Gasteiger partial charge in [-0.1, -0.05) is 37.0 Å². The molecule has 1 aromatic rings. The lowest BCUT2D eigenvalue weighted by Crippen LogP contribution is -2.46. The van der Waals surface area contributed by atoms with Crippen molar-refractivity contribution in [2.75, 3.05) is 11.9 Å². The quantitative estimate of drug-likeness (QED) is 0.754. The minimum absolute atomic E-state index is 0.227. The molecule has 1 amide bonds. The molecule has 2 rings (SSSR count). The summed E-state index contributed by atoms with van der Waals surface area (Å²) in [5.41, 5.74) is 2.06.